The van der Waals surface area contributed by atoms with Crippen LogP contribution in [-0.2, 0) is 11.3 Å². The highest BCUT2D eigenvalue weighted by Gasteiger charge is 2.41. The zero-order valence-corrected chi connectivity index (χ0v) is 22.8. The first-order chi connectivity index (χ1) is 18.6. The number of aryl methyl sites for hydroxylation is 1. The minimum atomic E-state index is 0.0824. The van der Waals surface area contributed by atoms with Crippen molar-refractivity contribution in [2.45, 2.75) is 52.1 Å². The van der Waals surface area contributed by atoms with Crippen LogP contribution in [0.15, 0.2) is 95.0 Å². The summed E-state index contributed by atoms with van der Waals surface area (Å²) in [6.07, 6.45) is 8.85. The molecule has 0 spiro atoms. The summed E-state index contributed by atoms with van der Waals surface area (Å²) in [5.41, 5.74) is 5.66. The second-order valence-corrected chi connectivity index (χ2v) is 11.6. The summed E-state index contributed by atoms with van der Waals surface area (Å²) in [6, 6.07) is 27.3. The van der Waals surface area contributed by atoms with Crippen LogP contribution in [0.5, 0.6) is 0 Å². The van der Waals surface area contributed by atoms with Crippen LogP contribution in [0.1, 0.15) is 49.3 Å². The Balaban J connectivity index is 1.40. The maximum Gasteiger partial charge on any atom is 0.267 e. The van der Waals surface area contributed by atoms with Crippen molar-refractivity contribution < 1.29 is 4.79 Å². The van der Waals surface area contributed by atoms with Crippen LogP contribution in [0.4, 0.5) is 5.69 Å². The van der Waals surface area contributed by atoms with Gasteiger partial charge in [0, 0.05) is 35.2 Å². The van der Waals surface area contributed by atoms with Crippen molar-refractivity contribution in [3.63, 3.8) is 0 Å². The fourth-order valence-electron chi connectivity index (χ4n) is 5.82. The molecule has 1 amide bonds. The molecule has 2 aliphatic rings. The number of hydrogen-bond acceptors (Lipinski definition) is 3. The number of para-hydroxylation sites is 2. The highest BCUT2D eigenvalue weighted by atomic mass is 32.2. The van der Waals surface area contributed by atoms with E-state index < -0.39 is 0 Å². The van der Waals surface area contributed by atoms with Crippen LogP contribution in [0.25, 0.3) is 17.0 Å². The monoisotopic (exact) mass is 519 g/mol. The van der Waals surface area contributed by atoms with Gasteiger partial charge in [0.2, 0.25) is 0 Å². The van der Waals surface area contributed by atoms with E-state index in [4.69, 9.17) is 4.99 Å². The van der Waals surface area contributed by atoms with Gasteiger partial charge in [0.15, 0.2) is 5.17 Å². The molecule has 2 atom stereocenters. The standard InChI is InChI=1S/C33H33N3OS/c1-23-11-10-13-25(19-23)21-35-22-26(28-16-7-9-18-30(28)35)20-31-32(37)36(29-17-8-6-12-24(29)2)33(38-31)34-27-14-4-3-5-15-27/h3-5,7,9-11,13-16,18-20,22,24,29H,6,8,12,17,21H2,1-2H3/b31-20-,34-33?/t24-,29-/m0/s1. The van der Waals surface area contributed by atoms with Crippen LogP contribution in [0, 0.1) is 12.8 Å². The lowest BCUT2D eigenvalue weighted by Gasteiger charge is -2.35. The molecule has 4 nitrogen and oxygen atoms in total. The molecule has 1 aliphatic carbocycles. The van der Waals surface area contributed by atoms with E-state index in [0.717, 1.165) is 52.5 Å². The first-order valence-corrected chi connectivity index (χ1v) is 14.4. The summed E-state index contributed by atoms with van der Waals surface area (Å²) >= 11 is 1.51. The molecule has 2 fully saturated rings. The van der Waals surface area contributed by atoms with E-state index in [0.29, 0.717) is 5.92 Å². The average Bonchev–Trinajstić information content (AvgIpc) is 3.42. The Morgan fingerprint density at radius 1 is 0.974 bits per heavy atom. The van der Waals surface area contributed by atoms with Crippen LogP contribution in [-0.4, -0.2) is 26.6 Å². The van der Waals surface area contributed by atoms with Gasteiger partial charge in [0.1, 0.15) is 0 Å². The number of hydrogen-bond donors (Lipinski definition) is 0. The predicted octanol–water partition coefficient (Wildman–Crippen LogP) is 8.18. The van der Waals surface area contributed by atoms with E-state index in [2.05, 4.69) is 79.2 Å². The van der Waals surface area contributed by atoms with Crippen LogP contribution >= 0.6 is 11.8 Å². The molecule has 2 heterocycles. The summed E-state index contributed by atoms with van der Waals surface area (Å²) in [5.74, 6) is 0.545. The fourth-order valence-corrected chi connectivity index (χ4v) is 6.86. The normalized spacial score (nSPS) is 22.2. The molecule has 1 saturated carbocycles. The number of carbonyl (C=O) groups is 1. The second kappa shape index (κ2) is 10.7. The lowest BCUT2D eigenvalue weighted by Crippen LogP contribution is -2.44. The zero-order valence-electron chi connectivity index (χ0n) is 22.0. The highest BCUT2D eigenvalue weighted by Crippen LogP contribution is 2.40. The van der Waals surface area contributed by atoms with Gasteiger partial charge in [-0.2, -0.15) is 0 Å². The van der Waals surface area contributed by atoms with Crippen molar-refractivity contribution in [2.24, 2.45) is 10.9 Å². The summed E-state index contributed by atoms with van der Waals surface area (Å²) in [6.45, 7) is 5.20. The van der Waals surface area contributed by atoms with Crippen molar-refractivity contribution in [2.75, 3.05) is 0 Å². The third kappa shape index (κ3) is 4.95. The van der Waals surface area contributed by atoms with Crippen molar-refractivity contribution in [3.8, 4) is 0 Å². The van der Waals surface area contributed by atoms with Gasteiger partial charge in [0.25, 0.3) is 5.91 Å². The third-order valence-corrected chi connectivity index (χ3v) is 8.74. The van der Waals surface area contributed by atoms with Gasteiger partial charge in [-0.25, -0.2) is 4.99 Å². The van der Waals surface area contributed by atoms with Crippen molar-refractivity contribution >= 4 is 45.5 Å². The van der Waals surface area contributed by atoms with E-state index in [1.165, 1.54) is 34.8 Å². The van der Waals surface area contributed by atoms with E-state index >= 15 is 0 Å². The summed E-state index contributed by atoms with van der Waals surface area (Å²) in [5, 5.41) is 1.96. The first kappa shape index (κ1) is 24.7. The van der Waals surface area contributed by atoms with Crippen LogP contribution < -0.4 is 0 Å². The molecule has 0 N–H and O–H groups in total. The van der Waals surface area contributed by atoms with Gasteiger partial charge in [-0.15, -0.1) is 0 Å². The number of aromatic nitrogens is 1. The zero-order chi connectivity index (χ0) is 26.1. The molecule has 38 heavy (non-hydrogen) atoms. The van der Waals surface area contributed by atoms with Crippen LogP contribution in [0.2, 0.25) is 0 Å². The van der Waals surface area contributed by atoms with Crippen molar-refractivity contribution in [1.29, 1.82) is 0 Å². The molecule has 4 aromatic rings. The van der Waals surface area contributed by atoms with Gasteiger partial charge < -0.3 is 4.57 Å². The number of rotatable bonds is 5. The van der Waals surface area contributed by atoms with E-state index in [1.54, 1.807) is 0 Å². The number of thioether (sulfide) groups is 1. The average molecular weight is 520 g/mol. The number of amides is 1. The molecule has 1 saturated heterocycles. The maximum absolute atomic E-state index is 14.0. The summed E-state index contributed by atoms with van der Waals surface area (Å²) in [4.78, 5) is 21.7. The quantitative estimate of drug-likeness (QED) is 0.249. The maximum atomic E-state index is 14.0. The van der Waals surface area contributed by atoms with Gasteiger partial charge >= 0.3 is 0 Å². The number of amidine groups is 1. The van der Waals surface area contributed by atoms with Crippen molar-refractivity contribution in [3.05, 3.63) is 107 Å². The summed E-state index contributed by atoms with van der Waals surface area (Å²) in [7, 11) is 0. The lowest BCUT2D eigenvalue weighted by molar-refractivity contribution is -0.124. The Hall–Kier alpha value is -3.57. The largest absolute Gasteiger partial charge is 0.342 e. The Morgan fingerprint density at radius 3 is 2.58 bits per heavy atom. The number of carbonyl (C=O) groups excluding carboxylic acids is 1. The Labute approximate surface area is 229 Å². The Kier molecular flexibility index (Phi) is 6.94. The molecular formula is C33H33N3OS. The highest BCUT2D eigenvalue weighted by molar-refractivity contribution is 8.18. The molecule has 0 unspecified atom stereocenters. The summed E-state index contributed by atoms with van der Waals surface area (Å²) < 4.78 is 2.29. The molecule has 6 rings (SSSR count). The number of fused-ring (bicyclic) bond motifs is 1. The van der Waals surface area contributed by atoms with Gasteiger partial charge in [-0.3, -0.25) is 9.69 Å². The van der Waals surface area contributed by atoms with E-state index in [9.17, 15) is 4.79 Å². The third-order valence-electron chi connectivity index (χ3n) is 7.76. The lowest BCUT2D eigenvalue weighted by atomic mass is 9.85. The number of benzene rings is 3. The minimum Gasteiger partial charge on any atom is -0.342 e. The van der Waals surface area contributed by atoms with Gasteiger partial charge in [0.05, 0.1) is 10.6 Å². The van der Waals surface area contributed by atoms with Crippen molar-refractivity contribution in [1.82, 2.24) is 9.47 Å². The molecule has 0 radical (unpaired) electrons. The van der Waals surface area contributed by atoms with E-state index in [1.807, 2.05) is 35.2 Å². The fraction of sp³-hybridized carbons (Fsp3) is 0.273. The Morgan fingerprint density at radius 2 is 1.76 bits per heavy atom. The predicted molar refractivity (Wildman–Crippen MR) is 160 cm³/mol. The van der Waals surface area contributed by atoms with E-state index in [-0.39, 0.29) is 11.9 Å². The topological polar surface area (TPSA) is 37.6 Å². The minimum absolute atomic E-state index is 0.0824. The smallest absolute Gasteiger partial charge is 0.267 e. The molecule has 1 aromatic heterocycles. The second-order valence-electron chi connectivity index (χ2n) is 10.6. The SMILES string of the molecule is Cc1cccc(Cn2cc(/C=C3\SC(=Nc4ccccc4)N([C@H]4CCCC[C@@H]4C)C3=O)c3ccccc32)c1. The molecule has 5 heteroatoms. The molecule has 0 bridgehead atoms. The van der Waals surface area contributed by atoms with Crippen LogP contribution in [0.3, 0.4) is 0 Å². The van der Waals surface area contributed by atoms with Gasteiger partial charge in [-0.05, 0) is 67.3 Å². The molecule has 192 valence electrons. The molecule has 3 aromatic carbocycles. The number of aliphatic imine (C=N–C) groups is 1. The Bertz CT molecular complexity index is 1530. The molecule has 1 aliphatic heterocycles. The first-order valence-electron chi connectivity index (χ1n) is 13.6. The number of nitrogens with zero attached hydrogens (tertiary/aromatic N) is 3. The molecular weight excluding hydrogens is 486 g/mol. The van der Waals surface area contributed by atoms with Gasteiger partial charge in [-0.1, -0.05) is 86.0 Å².